The Balaban J connectivity index is 1.82. The number of carbonyl (C=O) groups excluding carboxylic acids is 2. The zero-order valence-corrected chi connectivity index (χ0v) is 16.4. The molecule has 0 saturated carbocycles. The largest absolute Gasteiger partial charge is 0.347 e. The summed E-state index contributed by atoms with van der Waals surface area (Å²) in [6, 6.07) is 13.2. The molecule has 6 nitrogen and oxygen atoms in total. The molecule has 0 radical (unpaired) electrons. The highest BCUT2D eigenvalue weighted by Gasteiger charge is 2.17. The first-order valence-corrected chi connectivity index (χ1v) is 10.5. The number of sulfone groups is 1. The second-order valence-corrected chi connectivity index (χ2v) is 8.40. The van der Waals surface area contributed by atoms with Crippen LogP contribution in [0.2, 0.25) is 5.02 Å². The van der Waals surface area contributed by atoms with E-state index in [1.54, 1.807) is 6.07 Å². The van der Waals surface area contributed by atoms with Gasteiger partial charge in [0.2, 0.25) is 11.8 Å². The van der Waals surface area contributed by atoms with Crippen molar-refractivity contribution in [3.8, 4) is 0 Å². The Morgan fingerprint density at radius 1 is 1.00 bits per heavy atom. The average Bonchev–Trinajstić information content (AvgIpc) is 2.65. The Bertz CT molecular complexity index is 912. The lowest BCUT2D eigenvalue weighted by molar-refractivity contribution is -0.123. The molecule has 0 saturated heterocycles. The van der Waals surface area contributed by atoms with E-state index in [0.29, 0.717) is 10.7 Å². The number of hydrogen-bond donors (Lipinski definition) is 2. The molecule has 0 atom stereocenters. The van der Waals surface area contributed by atoms with Crippen LogP contribution in [0.5, 0.6) is 0 Å². The van der Waals surface area contributed by atoms with Gasteiger partial charge in [-0.05, 0) is 42.3 Å². The van der Waals surface area contributed by atoms with E-state index in [2.05, 4.69) is 10.6 Å². The number of amides is 2. The van der Waals surface area contributed by atoms with E-state index in [1.165, 1.54) is 24.3 Å². The monoisotopic (exact) mass is 408 g/mol. The van der Waals surface area contributed by atoms with E-state index in [-0.39, 0.29) is 29.5 Å². The van der Waals surface area contributed by atoms with E-state index in [0.717, 1.165) is 12.0 Å². The van der Waals surface area contributed by atoms with Gasteiger partial charge in [0.15, 0.2) is 9.84 Å². The zero-order valence-electron chi connectivity index (χ0n) is 14.9. The number of carbonyl (C=O) groups is 2. The molecule has 0 aromatic heterocycles. The molecule has 27 heavy (non-hydrogen) atoms. The fraction of sp³-hybridized carbons (Fsp3) is 0.263. The van der Waals surface area contributed by atoms with Crippen LogP contribution in [0.15, 0.2) is 53.4 Å². The van der Waals surface area contributed by atoms with Crippen molar-refractivity contribution in [1.29, 1.82) is 0 Å². The minimum Gasteiger partial charge on any atom is -0.347 e. The van der Waals surface area contributed by atoms with E-state index in [1.807, 2.05) is 25.1 Å². The van der Waals surface area contributed by atoms with Crippen LogP contribution in [0.1, 0.15) is 18.9 Å². The number of nitrogens with one attached hydrogen (secondary N) is 2. The first kappa shape index (κ1) is 20.9. The standard InChI is InChI=1S/C19H21ClN2O4S/c1-2-14-5-3-4-6-17(14)22-19(24)13-21-18(23)11-12-27(25,26)16-9-7-15(20)8-10-16/h3-10H,2,11-13H2,1H3,(H,21,23)(H,22,24). The van der Waals surface area contributed by atoms with Gasteiger partial charge in [-0.2, -0.15) is 0 Å². The first-order valence-electron chi connectivity index (χ1n) is 8.44. The highest BCUT2D eigenvalue weighted by molar-refractivity contribution is 7.91. The molecule has 0 aliphatic heterocycles. The molecule has 144 valence electrons. The van der Waals surface area contributed by atoms with Crippen LogP contribution >= 0.6 is 11.6 Å². The maximum absolute atomic E-state index is 12.2. The van der Waals surface area contributed by atoms with Gasteiger partial charge in [0.05, 0.1) is 17.2 Å². The second-order valence-electron chi connectivity index (χ2n) is 5.86. The van der Waals surface area contributed by atoms with Gasteiger partial charge in [0.1, 0.15) is 0 Å². The zero-order chi connectivity index (χ0) is 19.9. The van der Waals surface area contributed by atoms with Gasteiger partial charge in [-0.15, -0.1) is 0 Å². The molecule has 8 heteroatoms. The summed E-state index contributed by atoms with van der Waals surface area (Å²) in [5.41, 5.74) is 1.69. The van der Waals surface area contributed by atoms with E-state index >= 15 is 0 Å². The SMILES string of the molecule is CCc1ccccc1NC(=O)CNC(=O)CCS(=O)(=O)c1ccc(Cl)cc1. The summed E-state index contributed by atoms with van der Waals surface area (Å²) in [7, 11) is -3.59. The van der Waals surface area contributed by atoms with E-state index < -0.39 is 15.7 Å². The van der Waals surface area contributed by atoms with Gasteiger partial charge >= 0.3 is 0 Å². The maximum Gasteiger partial charge on any atom is 0.243 e. The van der Waals surface area contributed by atoms with Crippen molar-refractivity contribution in [3.63, 3.8) is 0 Å². The van der Waals surface area contributed by atoms with Crippen molar-refractivity contribution < 1.29 is 18.0 Å². The van der Waals surface area contributed by atoms with Crippen molar-refractivity contribution >= 4 is 38.9 Å². The highest BCUT2D eigenvalue weighted by Crippen LogP contribution is 2.16. The highest BCUT2D eigenvalue weighted by atomic mass is 35.5. The Morgan fingerprint density at radius 2 is 1.67 bits per heavy atom. The number of aryl methyl sites for hydroxylation is 1. The van der Waals surface area contributed by atoms with Gasteiger partial charge < -0.3 is 10.6 Å². The third kappa shape index (κ3) is 6.37. The van der Waals surface area contributed by atoms with Gasteiger partial charge in [0.25, 0.3) is 0 Å². The molecule has 2 aromatic carbocycles. The Kier molecular flexibility index (Phi) is 7.38. The Hall–Kier alpha value is -2.38. The van der Waals surface area contributed by atoms with Gasteiger partial charge in [-0.25, -0.2) is 8.42 Å². The number of para-hydroxylation sites is 1. The fourth-order valence-electron chi connectivity index (χ4n) is 2.40. The molecular weight excluding hydrogens is 388 g/mol. The molecule has 2 N–H and O–H groups in total. The minimum absolute atomic E-state index is 0.105. The quantitative estimate of drug-likeness (QED) is 0.702. The number of benzene rings is 2. The second kappa shape index (κ2) is 9.53. The van der Waals surface area contributed by atoms with Crippen LogP contribution in [-0.2, 0) is 25.8 Å². The summed E-state index contributed by atoms with van der Waals surface area (Å²) in [5.74, 6) is -1.22. The average molecular weight is 409 g/mol. The van der Waals surface area contributed by atoms with Crippen LogP contribution in [0.3, 0.4) is 0 Å². The summed E-state index contributed by atoms with van der Waals surface area (Å²) in [4.78, 5) is 24.0. The van der Waals surface area contributed by atoms with Crippen molar-refractivity contribution in [3.05, 3.63) is 59.1 Å². The summed E-state index contributed by atoms with van der Waals surface area (Å²) in [6.07, 6.45) is 0.537. The van der Waals surface area contributed by atoms with Gasteiger partial charge in [-0.3, -0.25) is 9.59 Å². The third-order valence-corrected chi connectivity index (χ3v) is 5.87. The molecule has 0 heterocycles. The molecule has 0 aliphatic carbocycles. The molecule has 0 bridgehead atoms. The lowest BCUT2D eigenvalue weighted by atomic mass is 10.1. The van der Waals surface area contributed by atoms with Crippen molar-refractivity contribution in [2.45, 2.75) is 24.7 Å². The number of anilines is 1. The molecule has 2 rings (SSSR count). The Morgan fingerprint density at radius 3 is 2.33 bits per heavy atom. The fourth-order valence-corrected chi connectivity index (χ4v) is 3.77. The summed E-state index contributed by atoms with van der Waals surface area (Å²) < 4.78 is 24.4. The molecule has 0 spiro atoms. The molecule has 0 fully saturated rings. The topological polar surface area (TPSA) is 92.3 Å². The first-order chi connectivity index (χ1) is 12.8. The predicted octanol–water partition coefficient (Wildman–Crippen LogP) is 2.82. The Labute approximate surface area is 163 Å². The van der Waals surface area contributed by atoms with E-state index in [4.69, 9.17) is 11.6 Å². The number of hydrogen-bond acceptors (Lipinski definition) is 4. The van der Waals surface area contributed by atoms with Crippen molar-refractivity contribution in [2.75, 3.05) is 17.6 Å². The van der Waals surface area contributed by atoms with Crippen LogP contribution in [-0.4, -0.2) is 32.5 Å². The van der Waals surface area contributed by atoms with Crippen molar-refractivity contribution in [1.82, 2.24) is 5.32 Å². The summed E-state index contributed by atoms with van der Waals surface area (Å²) in [5, 5.41) is 5.61. The minimum atomic E-state index is -3.59. The molecule has 2 amide bonds. The lowest BCUT2D eigenvalue weighted by Gasteiger charge is -2.10. The van der Waals surface area contributed by atoms with Crippen molar-refractivity contribution in [2.24, 2.45) is 0 Å². The molecular formula is C19H21ClN2O4S. The van der Waals surface area contributed by atoms with Crippen LogP contribution in [0.4, 0.5) is 5.69 Å². The number of rotatable bonds is 8. The summed E-state index contributed by atoms with van der Waals surface area (Å²) >= 11 is 5.74. The van der Waals surface area contributed by atoms with Gasteiger partial charge in [-0.1, -0.05) is 36.7 Å². The number of halogens is 1. The predicted molar refractivity (Wildman–Crippen MR) is 106 cm³/mol. The normalized spacial score (nSPS) is 11.0. The molecule has 0 unspecified atom stereocenters. The maximum atomic E-state index is 12.2. The van der Waals surface area contributed by atoms with Crippen LogP contribution in [0, 0.1) is 0 Å². The smallest absolute Gasteiger partial charge is 0.243 e. The van der Waals surface area contributed by atoms with Gasteiger partial charge in [0, 0.05) is 17.1 Å². The summed E-state index contributed by atoms with van der Waals surface area (Å²) in [6.45, 7) is 1.76. The van der Waals surface area contributed by atoms with E-state index in [9.17, 15) is 18.0 Å². The third-order valence-electron chi connectivity index (χ3n) is 3.89. The molecule has 2 aromatic rings. The van der Waals surface area contributed by atoms with Crippen LogP contribution in [0.25, 0.3) is 0 Å². The molecule has 0 aliphatic rings. The lowest BCUT2D eigenvalue weighted by Crippen LogP contribution is -2.33. The van der Waals surface area contributed by atoms with Crippen LogP contribution < -0.4 is 10.6 Å².